The predicted octanol–water partition coefficient (Wildman–Crippen LogP) is 0.792. The summed E-state index contributed by atoms with van der Waals surface area (Å²) in [5.41, 5.74) is 1.32. The second kappa shape index (κ2) is 11.0. The average Bonchev–Trinajstić information content (AvgIpc) is 3.15. The van der Waals surface area contributed by atoms with Gasteiger partial charge in [-0.2, -0.15) is 0 Å². The molecule has 0 bridgehead atoms. The first-order valence-corrected chi connectivity index (χ1v) is 11.6. The first-order valence-electron chi connectivity index (χ1n) is 11.6. The quantitative estimate of drug-likeness (QED) is 0.530. The highest BCUT2D eigenvalue weighted by atomic mass is 19.1. The summed E-state index contributed by atoms with van der Waals surface area (Å²) < 4.78 is 24.0. The topological polar surface area (TPSA) is 112 Å². The number of methoxy groups -OCH3 is 1. The number of piperazine rings is 1. The molecule has 2 saturated heterocycles. The molecule has 2 aliphatic heterocycles. The van der Waals surface area contributed by atoms with Crippen LogP contribution in [0.1, 0.15) is 16.8 Å². The molecule has 0 aliphatic carbocycles. The molecule has 0 spiro atoms. The summed E-state index contributed by atoms with van der Waals surface area (Å²) >= 11 is 0. The fourth-order valence-corrected chi connectivity index (χ4v) is 4.37. The molecule has 0 saturated carbocycles. The summed E-state index contributed by atoms with van der Waals surface area (Å²) in [4.78, 5) is 28.9. The van der Waals surface area contributed by atoms with Crippen molar-refractivity contribution in [2.75, 3.05) is 44.7 Å². The minimum atomic E-state index is -1.23. The Balaban J connectivity index is 1.24. The molecule has 4 atom stereocenters. The van der Waals surface area contributed by atoms with Gasteiger partial charge in [0.15, 0.2) is 0 Å². The summed E-state index contributed by atoms with van der Waals surface area (Å²) in [6.45, 7) is 2.18. The highest BCUT2D eigenvalue weighted by Gasteiger charge is 2.44. The third-order valence-electron chi connectivity index (χ3n) is 6.48. The van der Waals surface area contributed by atoms with Crippen LogP contribution < -0.4 is 15.0 Å². The van der Waals surface area contributed by atoms with Gasteiger partial charge in [0.2, 0.25) is 5.91 Å². The Morgan fingerprint density at radius 1 is 1.00 bits per heavy atom. The number of aliphatic hydroxyl groups excluding tert-OH is 2. The molecule has 2 fully saturated rings. The van der Waals surface area contributed by atoms with Gasteiger partial charge >= 0.3 is 0 Å². The van der Waals surface area contributed by atoms with Crippen LogP contribution in [-0.2, 0) is 9.53 Å². The van der Waals surface area contributed by atoms with Crippen LogP contribution >= 0.6 is 0 Å². The van der Waals surface area contributed by atoms with Crippen LogP contribution in [0, 0.1) is 5.82 Å². The molecule has 2 amide bonds. The van der Waals surface area contributed by atoms with Gasteiger partial charge in [0.05, 0.1) is 19.6 Å². The van der Waals surface area contributed by atoms with Crippen LogP contribution in [0.15, 0.2) is 48.5 Å². The van der Waals surface area contributed by atoms with Gasteiger partial charge in [0.1, 0.15) is 29.9 Å². The van der Waals surface area contributed by atoms with Crippen LogP contribution in [0.3, 0.4) is 0 Å². The standard InChI is InChI=1S/C25H30FN3O6/c1-34-19-8-2-16(3-9-19)25(33)27-15-21-24(32)23(31)20(35-21)14-22(30)29-12-10-28(11-13-29)18-6-4-17(26)5-7-18/h2-9,20-21,23-24,31-32H,10-15H2,1H3,(H,27,33). The SMILES string of the molecule is COc1ccc(C(=O)NCC2OC(CC(=O)N3CCN(c4ccc(F)cc4)CC3)C(O)C2O)cc1. The molecular formula is C25H30FN3O6. The molecule has 4 rings (SSSR count). The van der Waals surface area contributed by atoms with E-state index < -0.39 is 24.4 Å². The average molecular weight is 488 g/mol. The molecule has 35 heavy (non-hydrogen) atoms. The van der Waals surface area contributed by atoms with Crippen LogP contribution in [0.25, 0.3) is 0 Å². The second-order valence-corrected chi connectivity index (χ2v) is 8.68. The number of nitrogens with one attached hydrogen (secondary N) is 1. The van der Waals surface area contributed by atoms with Crippen molar-refractivity contribution in [1.29, 1.82) is 0 Å². The Labute approximate surface area is 203 Å². The van der Waals surface area contributed by atoms with Gasteiger partial charge in [-0.15, -0.1) is 0 Å². The molecule has 2 aromatic rings. The number of anilines is 1. The fourth-order valence-electron chi connectivity index (χ4n) is 4.37. The largest absolute Gasteiger partial charge is 0.497 e. The third kappa shape index (κ3) is 5.90. The number of nitrogens with zero attached hydrogens (tertiary/aromatic N) is 2. The number of aliphatic hydroxyl groups is 2. The van der Waals surface area contributed by atoms with Crippen LogP contribution in [0.2, 0.25) is 0 Å². The van der Waals surface area contributed by atoms with Crippen LogP contribution in [0.4, 0.5) is 10.1 Å². The Bertz CT molecular complexity index is 1010. The van der Waals surface area contributed by atoms with Crippen molar-refractivity contribution in [2.24, 2.45) is 0 Å². The molecule has 188 valence electrons. The monoisotopic (exact) mass is 487 g/mol. The van der Waals surface area contributed by atoms with Crippen molar-refractivity contribution in [3.05, 3.63) is 59.9 Å². The molecule has 4 unspecified atom stereocenters. The second-order valence-electron chi connectivity index (χ2n) is 8.68. The van der Waals surface area contributed by atoms with E-state index in [9.17, 15) is 24.2 Å². The Morgan fingerprint density at radius 3 is 2.26 bits per heavy atom. The number of hydrogen-bond donors (Lipinski definition) is 3. The Kier molecular flexibility index (Phi) is 7.84. The zero-order chi connectivity index (χ0) is 24.9. The third-order valence-corrected chi connectivity index (χ3v) is 6.48. The normalized spacial score (nSPS) is 24.3. The van der Waals surface area contributed by atoms with Gasteiger partial charge in [0.25, 0.3) is 5.91 Å². The fraction of sp³-hybridized carbons (Fsp3) is 0.440. The van der Waals surface area contributed by atoms with Gasteiger partial charge in [-0.25, -0.2) is 4.39 Å². The Hall–Kier alpha value is -3.21. The minimum Gasteiger partial charge on any atom is -0.497 e. The number of benzene rings is 2. The lowest BCUT2D eigenvalue weighted by Crippen LogP contribution is -2.49. The molecule has 0 aromatic heterocycles. The summed E-state index contributed by atoms with van der Waals surface area (Å²) in [5, 5.41) is 23.5. The zero-order valence-corrected chi connectivity index (χ0v) is 19.5. The Morgan fingerprint density at radius 2 is 1.63 bits per heavy atom. The van der Waals surface area contributed by atoms with E-state index in [1.807, 2.05) is 0 Å². The summed E-state index contributed by atoms with van der Waals surface area (Å²) in [6, 6.07) is 12.8. The van der Waals surface area contributed by atoms with E-state index in [0.29, 0.717) is 37.5 Å². The molecule has 10 heteroatoms. The molecule has 0 radical (unpaired) electrons. The van der Waals surface area contributed by atoms with Gasteiger partial charge < -0.3 is 34.8 Å². The van der Waals surface area contributed by atoms with Crippen molar-refractivity contribution >= 4 is 17.5 Å². The van der Waals surface area contributed by atoms with Crippen LogP contribution in [-0.4, -0.2) is 91.2 Å². The van der Waals surface area contributed by atoms with Crippen LogP contribution in [0.5, 0.6) is 5.75 Å². The van der Waals surface area contributed by atoms with E-state index >= 15 is 0 Å². The molecule has 3 N–H and O–H groups in total. The maximum atomic E-state index is 13.1. The van der Waals surface area contributed by atoms with E-state index in [0.717, 1.165) is 5.69 Å². The first-order chi connectivity index (χ1) is 16.9. The summed E-state index contributed by atoms with van der Waals surface area (Å²) in [6.07, 6.45) is -4.23. The molecule has 2 aliphatic rings. The number of halogens is 1. The first kappa shape index (κ1) is 24.9. The van der Waals surface area contributed by atoms with Crippen molar-refractivity contribution in [3.8, 4) is 5.75 Å². The lowest BCUT2D eigenvalue weighted by Gasteiger charge is -2.36. The number of ether oxygens (including phenoxy) is 2. The minimum absolute atomic E-state index is 0.00980. The van der Waals surface area contributed by atoms with Crippen molar-refractivity contribution in [3.63, 3.8) is 0 Å². The lowest BCUT2D eigenvalue weighted by molar-refractivity contribution is -0.135. The van der Waals surface area contributed by atoms with Gasteiger partial charge in [-0.05, 0) is 48.5 Å². The van der Waals surface area contributed by atoms with Gasteiger partial charge in [-0.1, -0.05) is 0 Å². The molecule has 2 heterocycles. The number of hydrogen-bond acceptors (Lipinski definition) is 7. The van der Waals surface area contributed by atoms with E-state index in [1.165, 1.54) is 19.2 Å². The van der Waals surface area contributed by atoms with E-state index in [2.05, 4.69) is 10.2 Å². The van der Waals surface area contributed by atoms with E-state index in [1.54, 1.807) is 41.3 Å². The van der Waals surface area contributed by atoms with Gasteiger partial charge in [-0.3, -0.25) is 9.59 Å². The van der Waals surface area contributed by atoms with E-state index in [4.69, 9.17) is 9.47 Å². The predicted molar refractivity (Wildman–Crippen MR) is 126 cm³/mol. The van der Waals surface area contributed by atoms with Gasteiger partial charge in [0, 0.05) is 44.0 Å². The highest BCUT2D eigenvalue weighted by Crippen LogP contribution is 2.25. The maximum Gasteiger partial charge on any atom is 0.251 e. The molecule has 2 aromatic carbocycles. The zero-order valence-electron chi connectivity index (χ0n) is 19.5. The maximum absolute atomic E-state index is 13.1. The van der Waals surface area contributed by atoms with E-state index in [-0.39, 0.29) is 30.6 Å². The highest BCUT2D eigenvalue weighted by molar-refractivity contribution is 5.94. The number of carbonyl (C=O) groups excluding carboxylic acids is 2. The summed E-state index contributed by atoms with van der Waals surface area (Å²) in [5.74, 6) is -0.193. The van der Waals surface area contributed by atoms with Crippen molar-refractivity contribution < 1.29 is 33.7 Å². The number of amides is 2. The number of rotatable bonds is 7. The molecule has 9 nitrogen and oxygen atoms in total. The number of carbonyl (C=O) groups is 2. The van der Waals surface area contributed by atoms with Crippen molar-refractivity contribution in [1.82, 2.24) is 10.2 Å². The lowest BCUT2D eigenvalue weighted by atomic mass is 10.0. The smallest absolute Gasteiger partial charge is 0.251 e. The molecular weight excluding hydrogens is 457 g/mol. The van der Waals surface area contributed by atoms with Crippen molar-refractivity contribution in [2.45, 2.75) is 30.8 Å². The summed E-state index contributed by atoms with van der Waals surface area (Å²) in [7, 11) is 1.54.